The summed E-state index contributed by atoms with van der Waals surface area (Å²) in [5, 5.41) is 0.846. The van der Waals surface area contributed by atoms with Crippen LogP contribution in [0, 0.1) is 0 Å². The first-order chi connectivity index (χ1) is 7.18. The van der Waals surface area contributed by atoms with Crippen molar-refractivity contribution in [3.8, 4) is 0 Å². The molecule has 0 bridgehead atoms. The van der Waals surface area contributed by atoms with Gasteiger partial charge in [-0.05, 0) is 12.1 Å². The standard InChI is InChI=1S/C11H12N2OS/c1-13(2)6-8-7-15-11-9(10(8)14)4-3-5-12-11/h3-6H,7H2,1-2H3/b8-6-. The van der Waals surface area contributed by atoms with Gasteiger partial charge in [-0.25, -0.2) is 4.98 Å². The van der Waals surface area contributed by atoms with Gasteiger partial charge in [0.05, 0.1) is 5.56 Å². The lowest BCUT2D eigenvalue weighted by atomic mass is 10.1. The number of thioether (sulfide) groups is 1. The molecule has 3 nitrogen and oxygen atoms in total. The fourth-order valence-corrected chi connectivity index (χ4v) is 2.42. The zero-order valence-corrected chi connectivity index (χ0v) is 9.54. The van der Waals surface area contributed by atoms with Crippen LogP contribution in [0.5, 0.6) is 0 Å². The molecule has 1 aliphatic rings. The molecule has 1 aromatic rings. The summed E-state index contributed by atoms with van der Waals surface area (Å²) in [6, 6.07) is 3.64. The number of hydrogen-bond donors (Lipinski definition) is 0. The largest absolute Gasteiger partial charge is 0.383 e. The van der Waals surface area contributed by atoms with Gasteiger partial charge in [0.25, 0.3) is 0 Å². The van der Waals surface area contributed by atoms with Gasteiger partial charge in [-0.15, -0.1) is 11.8 Å². The van der Waals surface area contributed by atoms with Crippen LogP contribution in [0.1, 0.15) is 10.4 Å². The number of pyridine rings is 1. The Morgan fingerprint density at radius 3 is 3.07 bits per heavy atom. The molecule has 0 N–H and O–H groups in total. The molecule has 0 spiro atoms. The maximum Gasteiger partial charge on any atom is 0.194 e. The number of carbonyl (C=O) groups excluding carboxylic acids is 1. The summed E-state index contributed by atoms with van der Waals surface area (Å²) in [7, 11) is 3.84. The summed E-state index contributed by atoms with van der Waals surface area (Å²) in [5.74, 6) is 0.812. The molecule has 1 aromatic heterocycles. The molecular weight excluding hydrogens is 208 g/mol. The highest BCUT2D eigenvalue weighted by Crippen LogP contribution is 2.30. The molecule has 0 unspecified atom stereocenters. The Morgan fingerprint density at radius 2 is 2.33 bits per heavy atom. The van der Waals surface area contributed by atoms with Gasteiger partial charge in [-0.1, -0.05) is 0 Å². The Labute approximate surface area is 93.2 Å². The first-order valence-electron chi connectivity index (χ1n) is 4.68. The van der Waals surface area contributed by atoms with Crippen molar-refractivity contribution in [3.63, 3.8) is 0 Å². The zero-order valence-electron chi connectivity index (χ0n) is 8.73. The van der Waals surface area contributed by atoms with E-state index in [0.717, 1.165) is 16.2 Å². The smallest absolute Gasteiger partial charge is 0.194 e. The highest BCUT2D eigenvalue weighted by Gasteiger charge is 2.22. The number of Topliss-reactive ketones (excluding diaryl/α,β-unsaturated/α-hetero) is 1. The van der Waals surface area contributed by atoms with Crippen LogP contribution in [-0.4, -0.2) is 35.5 Å². The molecule has 0 fully saturated rings. The van der Waals surface area contributed by atoms with Gasteiger partial charge in [0.2, 0.25) is 0 Å². The van der Waals surface area contributed by atoms with E-state index < -0.39 is 0 Å². The van der Waals surface area contributed by atoms with Crippen molar-refractivity contribution in [3.05, 3.63) is 35.7 Å². The van der Waals surface area contributed by atoms with E-state index in [0.29, 0.717) is 5.75 Å². The minimum Gasteiger partial charge on any atom is -0.383 e. The summed E-state index contributed by atoms with van der Waals surface area (Å²) in [5.41, 5.74) is 1.56. The predicted octanol–water partition coefficient (Wildman–Crippen LogP) is 1.82. The molecular formula is C11H12N2OS. The van der Waals surface area contributed by atoms with Crippen LogP contribution in [-0.2, 0) is 0 Å². The molecule has 4 heteroatoms. The Kier molecular flexibility index (Phi) is 2.77. The topological polar surface area (TPSA) is 33.2 Å². The van der Waals surface area contributed by atoms with Crippen molar-refractivity contribution in [2.45, 2.75) is 5.03 Å². The molecule has 0 saturated carbocycles. The Balaban J connectivity index is 2.38. The van der Waals surface area contributed by atoms with Crippen LogP contribution in [0.15, 0.2) is 35.1 Å². The zero-order chi connectivity index (χ0) is 10.8. The van der Waals surface area contributed by atoms with Crippen molar-refractivity contribution in [1.29, 1.82) is 0 Å². The summed E-state index contributed by atoms with van der Waals surface area (Å²) in [6.07, 6.45) is 3.60. The van der Waals surface area contributed by atoms with E-state index in [-0.39, 0.29) is 5.78 Å². The van der Waals surface area contributed by atoms with Crippen LogP contribution in [0.3, 0.4) is 0 Å². The lowest BCUT2D eigenvalue weighted by Gasteiger charge is -2.17. The van der Waals surface area contributed by atoms with E-state index >= 15 is 0 Å². The molecule has 2 heterocycles. The van der Waals surface area contributed by atoms with Crippen molar-refractivity contribution >= 4 is 17.5 Å². The van der Waals surface area contributed by atoms with Gasteiger partial charge in [-0.2, -0.15) is 0 Å². The third-order valence-electron chi connectivity index (χ3n) is 2.09. The molecule has 1 aliphatic heterocycles. The number of ketones is 1. The Bertz CT molecular complexity index is 426. The van der Waals surface area contributed by atoms with E-state index in [4.69, 9.17) is 0 Å². The number of aromatic nitrogens is 1. The van der Waals surface area contributed by atoms with E-state index in [1.54, 1.807) is 24.0 Å². The van der Waals surface area contributed by atoms with Crippen LogP contribution in [0.2, 0.25) is 0 Å². The summed E-state index contributed by atoms with van der Waals surface area (Å²) < 4.78 is 0. The average Bonchev–Trinajstić information content (AvgIpc) is 2.22. The molecule has 0 atom stereocenters. The van der Waals surface area contributed by atoms with Gasteiger partial charge in [0.1, 0.15) is 5.03 Å². The lowest BCUT2D eigenvalue weighted by Crippen LogP contribution is -2.16. The number of nitrogens with zero attached hydrogens (tertiary/aromatic N) is 2. The van der Waals surface area contributed by atoms with Gasteiger partial charge < -0.3 is 4.90 Å². The molecule has 78 valence electrons. The first kappa shape index (κ1) is 10.2. The molecule has 15 heavy (non-hydrogen) atoms. The average molecular weight is 220 g/mol. The number of rotatable bonds is 1. The van der Waals surface area contributed by atoms with Gasteiger partial charge in [0.15, 0.2) is 5.78 Å². The van der Waals surface area contributed by atoms with Crippen molar-refractivity contribution in [1.82, 2.24) is 9.88 Å². The monoisotopic (exact) mass is 220 g/mol. The quantitative estimate of drug-likeness (QED) is 0.676. The molecule has 0 amide bonds. The maximum absolute atomic E-state index is 12.0. The number of carbonyl (C=O) groups is 1. The van der Waals surface area contributed by atoms with E-state index in [2.05, 4.69) is 4.98 Å². The van der Waals surface area contributed by atoms with E-state index in [9.17, 15) is 4.79 Å². The fourth-order valence-electron chi connectivity index (χ4n) is 1.47. The van der Waals surface area contributed by atoms with Gasteiger partial charge in [0, 0.05) is 37.8 Å². The summed E-state index contributed by atoms with van der Waals surface area (Å²) in [6.45, 7) is 0. The molecule has 0 aromatic carbocycles. The van der Waals surface area contributed by atoms with Gasteiger partial charge in [-0.3, -0.25) is 4.79 Å². The fraction of sp³-hybridized carbons (Fsp3) is 0.273. The molecule has 2 rings (SSSR count). The highest BCUT2D eigenvalue weighted by atomic mass is 32.2. The first-order valence-corrected chi connectivity index (χ1v) is 5.66. The summed E-state index contributed by atoms with van der Waals surface area (Å²) in [4.78, 5) is 18.1. The normalized spacial score (nSPS) is 17.7. The van der Waals surface area contributed by atoms with Crippen LogP contribution in [0.4, 0.5) is 0 Å². The highest BCUT2D eigenvalue weighted by molar-refractivity contribution is 7.99. The number of fused-ring (bicyclic) bond motifs is 1. The number of hydrogen-bond acceptors (Lipinski definition) is 4. The van der Waals surface area contributed by atoms with Crippen LogP contribution in [0.25, 0.3) is 0 Å². The Hall–Kier alpha value is -1.29. The Morgan fingerprint density at radius 1 is 1.53 bits per heavy atom. The van der Waals surface area contributed by atoms with Crippen LogP contribution < -0.4 is 0 Å². The lowest BCUT2D eigenvalue weighted by molar-refractivity contribution is 0.102. The predicted molar refractivity (Wildman–Crippen MR) is 61.1 cm³/mol. The van der Waals surface area contributed by atoms with E-state index in [1.165, 1.54) is 0 Å². The third-order valence-corrected chi connectivity index (χ3v) is 3.14. The molecule has 0 saturated heterocycles. The third kappa shape index (κ3) is 2.04. The van der Waals surface area contributed by atoms with Crippen molar-refractivity contribution in [2.75, 3.05) is 19.8 Å². The van der Waals surface area contributed by atoms with Crippen LogP contribution >= 0.6 is 11.8 Å². The molecule has 0 radical (unpaired) electrons. The van der Waals surface area contributed by atoms with Gasteiger partial charge >= 0.3 is 0 Å². The summed E-state index contributed by atoms with van der Waals surface area (Å²) >= 11 is 1.62. The maximum atomic E-state index is 12.0. The minimum absolute atomic E-state index is 0.102. The SMILES string of the molecule is CN(C)/C=C1/CSc2ncccc2C1=O. The second-order valence-electron chi connectivity index (χ2n) is 3.59. The second-order valence-corrected chi connectivity index (χ2v) is 4.56. The minimum atomic E-state index is 0.102. The van der Waals surface area contributed by atoms with Crippen molar-refractivity contribution < 1.29 is 4.79 Å². The molecule has 0 aliphatic carbocycles. The second kappa shape index (κ2) is 4.06. The van der Waals surface area contributed by atoms with Crippen molar-refractivity contribution in [2.24, 2.45) is 0 Å². The van der Waals surface area contributed by atoms with E-state index in [1.807, 2.05) is 31.3 Å².